The zero-order chi connectivity index (χ0) is 23.0. The molecule has 1 saturated heterocycles. The first-order valence-corrected chi connectivity index (χ1v) is 11.9. The molecule has 0 amide bonds. The van der Waals surface area contributed by atoms with Crippen LogP contribution in [0.1, 0.15) is 69.6 Å². The van der Waals surface area contributed by atoms with Crippen LogP contribution >= 0.6 is 0 Å². The van der Waals surface area contributed by atoms with Gasteiger partial charge in [0.15, 0.2) is 17.3 Å². The molecule has 10 nitrogen and oxygen atoms in total. The van der Waals surface area contributed by atoms with Gasteiger partial charge < -0.3 is 9.26 Å². The summed E-state index contributed by atoms with van der Waals surface area (Å²) in [4.78, 5) is 27.2. The van der Waals surface area contributed by atoms with Crippen molar-refractivity contribution in [2.75, 3.05) is 13.6 Å². The Labute approximate surface area is 192 Å². The molecule has 0 radical (unpaired) electrons. The summed E-state index contributed by atoms with van der Waals surface area (Å²) in [5, 5.41) is 8.00. The van der Waals surface area contributed by atoms with Gasteiger partial charge in [0.2, 0.25) is 5.88 Å². The summed E-state index contributed by atoms with van der Waals surface area (Å²) < 4.78 is 12.0. The van der Waals surface area contributed by atoms with Crippen molar-refractivity contribution in [3.8, 4) is 17.4 Å². The first-order valence-electron chi connectivity index (χ1n) is 11.9. The number of likely N-dealkylation sites (N-methyl/N-ethyl adjacent to an activating group) is 1. The summed E-state index contributed by atoms with van der Waals surface area (Å²) in [5.74, 6) is 1.73. The molecule has 2 aromatic heterocycles. The van der Waals surface area contributed by atoms with Gasteiger partial charge in [-0.05, 0) is 76.1 Å². The SMILES string of the molecule is C[C@H](Oc1cc(N=[N+]=[N-])nc(-c2noc3c2CCC[C@@]32CCCCC2=O)n1)[C@@H]1CCCN1C. The average Bonchev–Trinajstić information content (AvgIpc) is 3.43. The minimum atomic E-state index is -0.569. The Balaban J connectivity index is 1.51. The Bertz CT molecular complexity index is 1110. The van der Waals surface area contributed by atoms with E-state index in [9.17, 15) is 4.79 Å². The molecule has 1 spiro atoms. The van der Waals surface area contributed by atoms with Crippen molar-refractivity contribution in [1.29, 1.82) is 0 Å². The van der Waals surface area contributed by atoms with Crippen molar-refractivity contribution in [2.24, 2.45) is 5.11 Å². The predicted octanol–water partition coefficient (Wildman–Crippen LogP) is 4.65. The van der Waals surface area contributed by atoms with E-state index in [1.165, 1.54) is 0 Å². The Kier molecular flexibility index (Phi) is 5.80. The largest absolute Gasteiger partial charge is 0.473 e. The molecule has 2 fully saturated rings. The molecule has 5 rings (SSSR count). The van der Waals surface area contributed by atoms with Crippen molar-refractivity contribution in [3.63, 3.8) is 0 Å². The lowest BCUT2D eigenvalue weighted by molar-refractivity contribution is -0.128. The molecule has 0 aromatic carbocycles. The number of ketones is 1. The third-order valence-electron chi connectivity index (χ3n) is 7.52. The highest BCUT2D eigenvalue weighted by Gasteiger charge is 2.48. The quantitative estimate of drug-likeness (QED) is 0.367. The Morgan fingerprint density at radius 2 is 2.12 bits per heavy atom. The van der Waals surface area contributed by atoms with E-state index in [0.717, 1.165) is 63.5 Å². The number of carbonyl (C=O) groups excluding carboxylic acids is 1. The highest BCUT2D eigenvalue weighted by atomic mass is 16.5. The number of nitrogens with zero attached hydrogens (tertiary/aromatic N) is 7. The maximum Gasteiger partial charge on any atom is 0.217 e. The van der Waals surface area contributed by atoms with Crippen LogP contribution in [0.25, 0.3) is 22.0 Å². The van der Waals surface area contributed by atoms with E-state index in [4.69, 9.17) is 14.8 Å². The number of fused-ring (bicyclic) bond motifs is 2. The molecule has 0 bridgehead atoms. The fourth-order valence-electron chi connectivity index (χ4n) is 5.84. The van der Waals surface area contributed by atoms with Crippen LogP contribution in [0.4, 0.5) is 5.82 Å². The Morgan fingerprint density at radius 1 is 1.27 bits per heavy atom. The standard InChI is InChI=1S/C23H29N7O3/c1-14(16-8-6-12-30(16)2)32-19-13-18(27-29-24)25-22(26-19)20-15-7-5-11-23(21(15)33-28-20)10-4-3-9-17(23)31/h13-14,16H,3-12H2,1-2H3/t14-,16-,23+/m0/s1. The molecule has 1 saturated carbocycles. The number of likely N-dealkylation sites (tertiary alicyclic amines) is 1. The smallest absolute Gasteiger partial charge is 0.217 e. The van der Waals surface area contributed by atoms with Gasteiger partial charge >= 0.3 is 0 Å². The van der Waals surface area contributed by atoms with Crippen molar-refractivity contribution in [2.45, 2.75) is 82.3 Å². The van der Waals surface area contributed by atoms with Crippen LogP contribution in [-0.4, -0.2) is 51.5 Å². The molecule has 0 unspecified atom stereocenters. The lowest BCUT2D eigenvalue weighted by Gasteiger charge is -2.36. The first kappa shape index (κ1) is 21.9. The van der Waals surface area contributed by atoms with Gasteiger partial charge in [-0.15, -0.1) is 0 Å². The van der Waals surface area contributed by atoms with E-state index in [1.807, 2.05) is 6.92 Å². The summed E-state index contributed by atoms with van der Waals surface area (Å²) >= 11 is 0. The molecule has 1 aliphatic heterocycles. The third kappa shape index (κ3) is 3.87. The van der Waals surface area contributed by atoms with E-state index in [0.29, 0.717) is 35.6 Å². The van der Waals surface area contributed by atoms with Crippen LogP contribution in [-0.2, 0) is 16.6 Å². The van der Waals surface area contributed by atoms with Crippen molar-refractivity contribution < 1.29 is 14.1 Å². The highest BCUT2D eigenvalue weighted by Crippen LogP contribution is 2.47. The Hall–Kier alpha value is -2.97. The maximum absolute atomic E-state index is 12.9. The van der Waals surface area contributed by atoms with Gasteiger partial charge in [0, 0.05) is 29.0 Å². The van der Waals surface area contributed by atoms with E-state index < -0.39 is 5.41 Å². The average molecular weight is 452 g/mol. The summed E-state index contributed by atoms with van der Waals surface area (Å²) in [5.41, 5.74) is 9.82. The normalized spacial score (nSPS) is 26.1. The Morgan fingerprint density at radius 3 is 2.88 bits per heavy atom. The van der Waals surface area contributed by atoms with Crippen LogP contribution in [0.5, 0.6) is 5.88 Å². The number of hydrogen-bond donors (Lipinski definition) is 0. The lowest BCUT2D eigenvalue weighted by atomic mass is 9.64. The minimum Gasteiger partial charge on any atom is -0.473 e. The van der Waals surface area contributed by atoms with Gasteiger partial charge in [-0.2, -0.15) is 4.98 Å². The zero-order valence-corrected chi connectivity index (χ0v) is 19.2. The number of aromatic nitrogens is 3. The second-order valence-electron chi connectivity index (χ2n) is 9.50. The van der Waals surface area contributed by atoms with E-state index in [2.05, 4.69) is 37.1 Å². The third-order valence-corrected chi connectivity index (χ3v) is 7.52. The van der Waals surface area contributed by atoms with Crippen molar-refractivity contribution in [3.05, 3.63) is 27.8 Å². The number of ether oxygens (including phenoxy) is 1. The summed E-state index contributed by atoms with van der Waals surface area (Å²) in [6.07, 6.45) is 7.87. The molecule has 2 aromatic rings. The molecular weight excluding hydrogens is 422 g/mol. The lowest BCUT2D eigenvalue weighted by Crippen LogP contribution is -2.41. The molecule has 3 aliphatic rings. The van der Waals surface area contributed by atoms with E-state index in [1.54, 1.807) is 6.07 Å². The summed E-state index contributed by atoms with van der Waals surface area (Å²) in [7, 11) is 2.10. The van der Waals surface area contributed by atoms with Gasteiger partial charge in [-0.1, -0.05) is 11.6 Å². The van der Waals surface area contributed by atoms with Crippen LogP contribution in [0.2, 0.25) is 0 Å². The van der Waals surface area contributed by atoms with Crippen LogP contribution < -0.4 is 4.74 Å². The molecule has 0 N–H and O–H groups in total. The van der Waals surface area contributed by atoms with Crippen molar-refractivity contribution >= 4 is 11.6 Å². The topological polar surface area (TPSA) is 130 Å². The van der Waals surface area contributed by atoms with Gasteiger partial charge in [-0.3, -0.25) is 9.69 Å². The number of rotatable bonds is 5. The molecule has 174 valence electrons. The van der Waals surface area contributed by atoms with Crippen LogP contribution in [0.15, 0.2) is 15.7 Å². The van der Waals surface area contributed by atoms with Gasteiger partial charge in [-0.25, -0.2) is 4.98 Å². The first-order chi connectivity index (χ1) is 16.0. The molecule has 33 heavy (non-hydrogen) atoms. The van der Waals surface area contributed by atoms with Crippen LogP contribution in [0, 0.1) is 0 Å². The zero-order valence-electron chi connectivity index (χ0n) is 19.2. The van der Waals surface area contributed by atoms with E-state index in [-0.39, 0.29) is 17.7 Å². The fraction of sp³-hybridized carbons (Fsp3) is 0.652. The molecule has 10 heteroatoms. The number of carbonyl (C=O) groups is 1. The van der Waals surface area contributed by atoms with E-state index >= 15 is 0 Å². The van der Waals surface area contributed by atoms with Crippen LogP contribution in [0.3, 0.4) is 0 Å². The highest BCUT2D eigenvalue weighted by molar-refractivity contribution is 5.91. The molecule has 2 aliphatic carbocycles. The minimum absolute atomic E-state index is 0.0893. The maximum atomic E-state index is 12.9. The van der Waals surface area contributed by atoms with Gasteiger partial charge in [0.25, 0.3) is 0 Å². The monoisotopic (exact) mass is 451 g/mol. The summed E-state index contributed by atoms with van der Waals surface area (Å²) in [6, 6.07) is 1.84. The molecular formula is C23H29N7O3. The predicted molar refractivity (Wildman–Crippen MR) is 120 cm³/mol. The van der Waals surface area contributed by atoms with Gasteiger partial charge in [0.05, 0.1) is 5.41 Å². The second kappa shape index (κ2) is 8.76. The number of hydrogen-bond acceptors (Lipinski definition) is 8. The van der Waals surface area contributed by atoms with Gasteiger partial charge in [0.1, 0.15) is 17.7 Å². The molecule has 3 atom stereocenters. The second-order valence-corrected chi connectivity index (χ2v) is 9.50. The molecule has 3 heterocycles. The number of Topliss-reactive ketones (excluding diaryl/α,β-unsaturated/α-hetero) is 1. The summed E-state index contributed by atoms with van der Waals surface area (Å²) in [6.45, 7) is 3.07. The fourth-order valence-corrected chi connectivity index (χ4v) is 5.84. The number of azide groups is 1. The van der Waals surface area contributed by atoms with Crippen molar-refractivity contribution in [1.82, 2.24) is 20.0 Å².